The number of pyridine rings is 1. The van der Waals surface area contributed by atoms with Gasteiger partial charge in [-0.3, -0.25) is 10.1 Å². The van der Waals surface area contributed by atoms with E-state index < -0.39 is 40.7 Å². The first-order valence-electron chi connectivity index (χ1n) is 5.85. The second-order valence-electron chi connectivity index (χ2n) is 4.16. The molecule has 0 saturated carbocycles. The molecule has 0 aliphatic heterocycles. The fourth-order valence-electron chi connectivity index (χ4n) is 1.70. The average Bonchev–Trinajstić information content (AvgIpc) is 2.35. The molecule has 1 rings (SSSR count). The Bertz CT molecular complexity index is 548. The van der Waals surface area contributed by atoms with Crippen molar-refractivity contribution in [2.24, 2.45) is 0 Å². The molecule has 0 atom stereocenters. The second-order valence-corrected chi connectivity index (χ2v) is 4.16. The fraction of sp³-hybridized carbons (Fsp3) is 0.455. The van der Waals surface area contributed by atoms with Crippen LogP contribution < -0.4 is 4.90 Å². The molecule has 1 aromatic rings. The highest BCUT2D eigenvalue weighted by Crippen LogP contribution is 2.26. The van der Waals surface area contributed by atoms with Gasteiger partial charge in [-0.05, 0) is 6.42 Å². The lowest BCUT2D eigenvalue weighted by Crippen LogP contribution is -2.36. The monoisotopic (exact) mass is 307 g/mol. The molecule has 0 saturated heterocycles. The van der Waals surface area contributed by atoms with E-state index in [1.807, 2.05) is 0 Å². The molecule has 0 aliphatic carbocycles. The van der Waals surface area contributed by atoms with Crippen molar-refractivity contribution in [3.05, 3.63) is 27.9 Å². The van der Waals surface area contributed by atoms with Gasteiger partial charge in [-0.2, -0.15) is 13.2 Å². The molecule has 0 bridgehead atoms. The van der Waals surface area contributed by atoms with Crippen molar-refractivity contribution in [2.75, 3.05) is 18.0 Å². The zero-order valence-corrected chi connectivity index (χ0v) is 10.9. The van der Waals surface area contributed by atoms with Gasteiger partial charge in [-0.1, -0.05) is 6.92 Å². The first-order valence-corrected chi connectivity index (χ1v) is 5.85. The zero-order valence-electron chi connectivity index (χ0n) is 10.9. The molecular formula is C11H12F3N3O4. The summed E-state index contributed by atoms with van der Waals surface area (Å²) in [7, 11) is 0. The smallest absolute Gasteiger partial charge is 0.405 e. The van der Waals surface area contributed by atoms with Gasteiger partial charge < -0.3 is 10.0 Å². The summed E-state index contributed by atoms with van der Waals surface area (Å²) in [4.78, 5) is 25.1. The van der Waals surface area contributed by atoms with Crippen LogP contribution in [0, 0.1) is 10.1 Å². The lowest BCUT2D eigenvalue weighted by Gasteiger charge is -2.25. The molecule has 0 fully saturated rings. The lowest BCUT2D eigenvalue weighted by atomic mass is 10.2. The van der Waals surface area contributed by atoms with Crippen LogP contribution in [0.15, 0.2) is 12.3 Å². The Hall–Kier alpha value is -2.39. The summed E-state index contributed by atoms with van der Waals surface area (Å²) in [6, 6.07) is 0.698. The van der Waals surface area contributed by atoms with E-state index in [0.717, 1.165) is 11.1 Å². The van der Waals surface area contributed by atoms with Crippen LogP contribution in [0.2, 0.25) is 0 Å². The number of rotatable bonds is 6. The van der Waals surface area contributed by atoms with E-state index in [1.54, 1.807) is 6.92 Å². The number of halogens is 3. The normalized spacial score (nSPS) is 11.2. The first kappa shape index (κ1) is 16.7. The maximum Gasteiger partial charge on any atom is 0.405 e. The van der Waals surface area contributed by atoms with Crippen molar-refractivity contribution in [3.63, 3.8) is 0 Å². The molecule has 116 valence electrons. The Kier molecular flexibility index (Phi) is 5.06. The number of nitro groups is 1. The summed E-state index contributed by atoms with van der Waals surface area (Å²) in [6.07, 6.45) is -3.48. The van der Waals surface area contributed by atoms with Gasteiger partial charge in [-0.25, -0.2) is 9.78 Å². The van der Waals surface area contributed by atoms with Crippen molar-refractivity contribution in [1.82, 2.24) is 4.98 Å². The van der Waals surface area contributed by atoms with E-state index in [0.29, 0.717) is 12.5 Å². The SMILES string of the molecule is CCCN(CC(F)(F)F)c1ncc([N+](=O)[O-])cc1C(=O)O. The van der Waals surface area contributed by atoms with Gasteiger partial charge in [0.2, 0.25) is 0 Å². The average molecular weight is 307 g/mol. The van der Waals surface area contributed by atoms with Gasteiger partial charge in [0.1, 0.15) is 24.1 Å². The maximum absolute atomic E-state index is 12.5. The minimum atomic E-state index is -4.55. The highest BCUT2D eigenvalue weighted by Gasteiger charge is 2.33. The van der Waals surface area contributed by atoms with Crippen molar-refractivity contribution < 1.29 is 28.0 Å². The van der Waals surface area contributed by atoms with Crippen LogP contribution in [-0.2, 0) is 0 Å². The number of carboxylic acids is 1. The number of anilines is 1. The zero-order chi connectivity index (χ0) is 16.2. The number of alkyl halides is 3. The number of aromatic nitrogens is 1. The molecule has 0 aliphatic rings. The van der Waals surface area contributed by atoms with Gasteiger partial charge in [-0.15, -0.1) is 0 Å². The number of nitrogens with zero attached hydrogens (tertiary/aromatic N) is 3. The van der Waals surface area contributed by atoms with Crippen LogP contribution in [0.1, 0.15) is 23.7 Å². The molecule has 0 radical (unpaired) electrons. The molecule has 10 heteroatoms. The molecule has 0 aromatic carbocycles. The second kappa shape index (κ2) is 6.37. The predicted octanol–water partition coefficient (Wildman–Crippen LogP) is 2.47. The minimum absolute atomic E-state index is 0.0788. The van der Waals surface area contributed by atoms with Crippen LogP contribution in [0.25, 0.3) is 0 Å². The molecule has 0 amide bonds. The summed E-state index contributed by atoms with van der Waals surface area (Å²) >= 11 is 0. The van der Waals surface area contributed by atoms with E-state index in [2.05, 4.69) is 4.98 Å². The molecule has 1 N–H and O–H groups in total. The highest BCUT2D eigenvalue weighted by molar-refractivity contribution is 5.94. The van der Waals surface area contributed by atoms with Crippen LogP contribution in [0.3, 0.4) is 0 Å². The Balaban J connectivity index is 3.29. The molecule has 1 heterocycles. The molecule has 21 heavy (non-hydrogen) atoms. The third-order valence-electron chi connectivity index (χ3n) is 2.46. The van der Waals surface area contributed by atoms with Gasteiger partial charge in [0.05, 0.1) is 4.92 Å². The van der Waals surface area contributed by atoms with E-state index in [1.165, 1.54) is 0 Å². The Morgan fingerprint density at radius 1 is 1.52 bits per heavy atom. The molecule has 7 nitrogen and oxygen atoms in total. The van der Waals surface area contributed by atoms with Crippen LogP contribution in [0.5, 0.6) is 0 Å². The largest absolute Gasteiger partial charge is 0.478 e. The van der Waals surface area contributed by atoms with Crippen LogP contribution in [0.4, 0.5) is 24.7 Å². The minimum Gasteiger partial charge on any atom is -0.478 e. The Morgan fingerprint density at radius 3 is 2.57 bits per heavy atom. The molecular weight excluding hydrogens is 295 g/mol. The summed E-state index contributed by atoms with van der Waals surface area (Å²) in [5.74, 6) is -2.02. The number of aromatic carboxylic acids is 1. The van der Waals surface area contributed by atoms with E-state index >= 15 is 0 Å². The number of hydrogen-bond donors (Lipinski definition) is 1. The number of carboxylic acid groups (broad SMARTS) is 1. The van der Waals surface area contributed by atoms with Crippen LogP contribution >= 0.6 is 0 Å². The van der Waals surface area contributed by atoms with Gasteiger partial charge in [0.15, 0.2) is 0 Å². The van der Waals surface area contributed by atoms with Gasteiger partial charge in [0.25, 0.3) is 5.69 Å². The van der Waals surface area contributed by atoms with Crippen molar-refractivity contribution in [1.29, 1.82) is 0 Å². The Morgan fingerprint density at radius 2 is 2.14 bits per heavy atom. The van der Waals surface area contributed by atoms with Crippen molar-refractivity contribution >= 4 is 17.5 Å². The lowest BCUT2D eigenvalue weighted by molar-refractivity contribution is -0.385. The predicted molar refractivity (Wildman–Crippen MR) is 66.4 cm³/mol. The van der Waals surface area contributed by atoms with E-state index in [4.69, 9.17) is 5.11 Å². The summed E-state index contributed by atoms with van der Waals surface area (Å²) in [5, 5.41) is 19.6. The van der Waals surface area contributed by atoms with Crippen molar-refractivity contribution in [3.8, 4) is 0 Å². The topological polar surface area (TPSA) is 96.6 Å². The van der Waals surface area contributed by atoms with E-state index in [-0.39, 0.29) is 6.54 Å². The number of hydrogen-bond acceptors (Lipinski definition) is 5. The highest BCUT2D eigenvalue weighted by atomic mass is 19.4. The summed E-state index contributed by atoms with van der Waals surface area (Å²) < 4.78 is 37.6. The standard InChI is InChI=1S/C11H12F3N3O4/c1-2-3-16(6-11(12,13)14)9-8(10(18)19)4-7(5-15-9)17(20)21/h4-5H,2-3,6H2,1H3,(H,18,19). The quantitative estimate of drug-likeness (QED) is 0.640. The maximum atomic E-state index is 12.5. The fourth-order valence-corrected chi connectivity index (χ4v) is 1.70. The molecule has 1 aromatic heterocycles. The van der Waals surface area contributed by atoms with Gasteiger partial charge in [0, 0.05) is 12.6 Å². The third-order valence-corrected chi connectivity index (χ3v) is 2.46. The third kappa shape index (κ3) is 4.58. The van der Waals surface area contributed by atoms with Crippen LogP contribution in [-0.4, -0.2) is 40.2 Å². The summed E-state index contributed by atoms with van der Waals surface area (Å²) in [5.41, 5.74) is -1.23. The van der Waals surface area contributed by atoms with E-state index in [9.17, 15) is 28.1 Å². The van der Waals surface area contributed by atoms with Crippen molar-refractivity contribution in [2.45, 2.75) is 19.5 Å². The number of carbonyl (C=O) groups is 1. The first-order chi connectivity index (χ1) is 9.65. The summed E-state index contributed by atoms with van der Waals surface area (Å²) in [6.45, 7) is 0.158. The molecule has 0 spiro atoms. The molecule has 0 unspecified atom stereocenters. The Labute approximate surface area is 117 Å². The van der Waals surface area contributed by atoms with Gasteiger partial charge >= 0.3 is 12.1 Å².